The number of benzene rings is 1. The van der Waals surface area contributed by atoms with Gasteiger partial charge >= 0.3 is 5.97 Å². The average Bonchev–Trinajstić information content (AvgIpc) is 3.11. The maximum absolute atomic E-state index is 11.1. The number of aliphatic carboxylic acids is 1. The summed E-state index contributed by atoms with van der Waals surface area (Å²) in [5, 5.41) is 13.9. The van der Waals surface area contributed by atoms with Gasteiger partial charge in [-0.3, -0.25) is 9.79 Å². The Hall–Kier alpha value is -1.95. The summed E-state index contributed by atoms with van der Waals surface area (Å²) in [4.78, 5) is 19.0. The fraction of sp³-hybridized carbons (Fsp3) is 0.444. The quantitative estimate of drug-likeness (QED) is 0.770. The van der Waals surface area contributed by atoms with Crippen molar-refractivity contribution in [2.45, 2.75) is 44.7 Å². The summed E-state index contributed by atoms with van der Waals surface area (Å²) >= 11 is 1.73. The van der Waals surface area contributed by atoms with Gasteiger partial charge in [0.1, 0.15) is 0 Å². The molecule has 0 amide bonds. The van der Waals surface area contributed by atoms with Gasteiger partial charge < -0.3 is 15.4 Å². The van der Waals surface area contributed by atoms with Gasteiger partial charge in [0.25, 0.3) is 0 Å². The van der Waals surface area contributed by atoms with Crippen LogP contribution >= 0.6 is 11.8 Å². The SMILES string of the molecule is Cc1cc(NC2CCC2)c2[nH]c(CC(=O)O)cc2c1[C@H]1CSC=N1. The summed E-state index contributed by atoms with van der Waals surface area (Å²) in [6, 6.07) is 4.87. The number of carbonyl (C=O) groups is 1. The Balaban J connectivity index is 1.83. The van der Waals surface area contributed by atoms with E-state index in [0.717, 1.165) is 28.0 Å². The van der Waals surface area contributed by atoms with E-state index in [1.807, 2.05) is 11.6 Å². The fourth-order valence-corrected chi connectivity index (χ4v) is 4.31. The van der Waals surface area contributed by atoms with Crippen LogP contribution in [0, 0.1) is 6.92 Å². The molecule has 3 N–H and O–H groups in total. The van der Waals surface area contributed by atoms with Crippen LogP contribution in [0.25, 0.3) is 10.9 Å². The first-order valence-electron chi connectivity index (χ1n) is 8.38. The number of aromatic nitrogens is 1. The van der Waals surface area contributed by atoms with Crippen LogP contribution in [0.5, 0.6) is 0 Å². The number of carboxylic acid groups (broad SMARTS) is 1. The van der Waals surface area contributed by atoms with Gasteiger partial charge in [-0.2, -0.15) is 0 Å². The molecule has 1 aromatic heterocycles. The second-order valence-corrected chi connectivity index (χ2v) is 7.56. The molecule has 1 aliphatic carbocycles. The topological polar surface area (TPSA) is 77.5 Å². The number of aliphatic imine (C=N–C) groups is 1. The molecule has 0 unspecified atom stereocenters. The number of thioether (sulfide) groups is 1. The maximum Gasteiger partial charge on any atom is 0.309 e. The third-order valence-corrected chi connectivity index (χ3v) is 5.71. The van der Waals surface area contributed by atoms with Gasteiger partial charge in [-0.25, -0.2) is 0 Å². The number of fused-ring (bicyclic) bond motifs is 1. The van der Waals surface area contributed by atoms with E-state index in [1.54, 1.807) is 11.8 Å². The van der Waals surface area contributed by atoms with Crippen LogP contribution in [0.1, 0.15) is 42.1 Å². The predicted octanol–water partition coefficient (Wildman–Crippen LogP) is 3.88. The lowest BCUT2D eigenvalue weighted by molar-refractivity contribution is -0.136. The minimum atomic E-state index is -0.817. The molecule has 5 nitrogen and oxygen atoms in total. The smallest absolute Gasteiger partial charge is 0.309 e. The van der Waals surface area contributed by atoms with Crippen molar-refractivity contribution in [3.8, 4) is 0 Å². The van der Waals surface area contributed by atoms with Gasteiger partial charge in [0, 0.05) is 22.9 Å². The van der Waals surface area contributed by atoms with Gasteiger partial charge in [0.2, 0.25) is 0 Å². The van der Waals surface area contributed by atoms with Gasteiger partial charge in [0.15, 0.2) is 0 Å². The first-order chi connectivity index (χ1) is 11.6. The first-order valence-corrected chi connectivity index (χ1v) is 9.43. The van der Waals surface area contributed by atoms with Crippen molar-refractivity contribution in [2.24, 2.45) is 4.99 Å². The molecule has 24 heavy (non-hydrogen) atoms. The highest BCUT2D eigenvalue weighted by Gasteiger charge is 2.24. The van der Waals surface area contributed by atoms with E-state index in [2.05, 4.69) is 28.3 Å². The molecule has 1 atom stereocenters. The van der Waals surface area contributed by atoms with Crippen LogP contribution < -0.4 is 5.32 Å². The molecule has 0 bridgehead atoms. The van der Waals surface area contributed by atoms with Crippen molar-refractivity contribution in [3.63, 3.8) is 0 Å². The maximum atomic E-state index is 11.1. The Morgan fingerprint density at radius 1 is 1.46 bits per heavy atom. The van der Waals surface area contributed by atoms with Gasteiger partial charge in [0.05, 0.1) is 29.2 Å². The van der Waals surface area contributed by atoms with E-state index in [4.69, 9.17) is 5.11 Å². The molecule has 1 aliphatic heterocycles. The molecule has 0 spiro atoms. The number of anilines is 1. The molecule has 0 saturated heterocycles. The zero-order valence-electron chi connectivity index (χ0n) is 13.6. The van der Waals surface area contributed by atoms with E-state index in [9.17, 15) is 4.79 Å². The third-order valence-electron chi connectivity index (χ3n) is 4.93. The zero-order valence-corrected chi connectivity index (χ0v) is 14.4. The number of aryl methyl sites for hydroxylation is 1. The van der Waals surface area contributed by atoms with Crippen molar-refractivity contribution in [1.29, 1.82) is 0 Å². The van der Waals surface area contributed by atoms with E-state index in [-0.39, 0.29) is 12.5 Å². The highest BCUT2D eigenvalue weighted by atomic mass is 32.2. The number of nitrogens with zero attached hydrogens (tertiary/aromatic N) is 1. The van der Waals surface area contributed by atoms with Crippen LogP contribution in [0.2, 0.25) is 0 Å². The number of rotatable bonds is 5. The molecule has 2 aliphatic rings. The molecule has 0 radical (unpaired) electrons. The second kappa shape index (κ2) is 6.16. The number of carboxylic acids is 1. The molecule has 126 valence electrons. The van der Waals surface area contributed by atoms with Crippen LogP contribution in [0.3, 0.4) is 0 Å². The van der Waals surface area contributed by atoms with Crippen molar-refractivity contribution in [2.75, 3.05) is 11.1 Å². The Morgan fingerprint density at radius 2 is 2.29 bits per heavy atom. The summed E-state index contributed by atoms with van der Waals surface area (Å²) < 4.78 is 0. The van der Waals surface area contributed by atoms with E-state index < -0.39 is 5.97 Å². The Bertz CT molecular complexity index is 823. The number of hydrogen-bond donors (Lipinski definition) is 3. The molecule has 2 aromatic rings. The van der Waals surface area contributed by atoms with E-state index >= 15 is 0 Å². The highest BCUT2D eigenvalue weighted by Crippen LogP contribution is 2.39. The summed E-state index contributed by atoms with van der Waals surface area (Å²) in [6.45, 7) is 2.13. The summed E-state index contributed by atoms with van der Waals surface area (Å²) in [6.07, 6.45) is 3.70. The summed E-state index contributed by atoms with van der Waals surface area (Å²) in [7, 11) is 0. The van der Waals surface area contributed by atoms with E-state index in [0.29, 0.717) is 6.04 Å². The zero-order chi connectivity index (χ0) is 16.7. The Kier molecular flexibility index (Phi) is 4.00. The number of H-pyrrole nitrogens is 1. The standard InChI is InChI=1S/C18H21N3O2S/c1-10-5-14(20-11-3-2-4-11)18-13(6-12(21-18)7-16(22)23)17(10)15-8-24-9-19-15/h5-6,9,11,15,20-21H,2-4,7-8H2,1H3,(H,22,23)/t15-/m1/s1. The molecular formula is C18H21N3O2S. The van der Waals surface area contributed by atoms with Crippen LogP contribution in [0.4, 0.5) is 5.69 Å². The van der Waals surface area contributed by atoms with Gasteiger partial charge in [-0.15, -0.1) is 11.8 Å². The molecule has 2 heterocycles. The minimum absolute atomic E-state index is 0.0126. The Labute approximate surface area is 144 Å². The minimum Gasteiger partial charge on any atom is -0.481 e. The summed E-state index contributed by atoms with van der Waals surface area (Å²) in [5.74, 6) is 0.132. The van der Waals surface area contributed by atoms with Gasteiger partial charge in [-0.1, -0.05) is 0 Å². The second-order valence-electron chi connectivity index (χ2n) is 6.68. The average molecular weight is 343 g/mol. The highest BCUT2D eigenvalue weighted by molar-refractivity contribution is 8.12. The van der Waals surface area contributed by atoms with Crippen molar-refractivity contribution >= 4 is 39.9 Å². The van der Waals surface area contributed by atoms with Crippen LogP contribution in [-0.4, -0.2) is 33.4 Å². The molecule has 4 rings (SSSR count). The van der Waals surface area contributed by atoms with Crippen molar-refractivity contribution < 1.29 is 9.90 Å². The molecule has 6 heteroatoms. The summed E-state index contributed by atoms with van der Waals surface area (Å²) in [5.41, 5.74) is 7.21. The normalized spacial score (nSPS) is 20.5. The monoisotopic (exact) mass is 343 g/mol. The Morgan fingerprint density at radius 3 is 2.92 bits per heavy atom. The molecule has 1 saturated carbocycles. The van der Waals surface area contributed by atoms with Crippen LogP contribution in [0.15, 0.2) is 17.1 Å². The first kappa shape index (κ1) is 15.6. The van der Waals surface area contributed by atoms with Crippen molar-refractivity contribution in [1.82, 2.24) is 4.98 Å². The third kappa shape index (κ3) is 2.79. The molecule has 1 aromatic carbocycles. The lowest BCUT2D eigenvalue weighted by atomic mass is 9.92. The van der Waals surface area contributed by atoms with E-state index in [1.165, 1.54) is 30.4 Å². The fourth-order valence-electron chi connectivity index (χ4n) is 3.55. The molecular weight excluding hydrogens is 322 g/mol. The van der Waals surface area contributed by atoms with Crippen molar-refractivity contribution in [3.05, 3.63) is 29.0 Å². The lowest BCUT2D eigenvalue weighted by Gasteiger charge is -2.28. The molecule has 1 fully saturated rings. The lowest BCUT2D eigenvalue weighted by Crippen LogP contribution is -2.27. The predicted molar refractivity (Wildman–Crippen MR) is 99.3 cm³/mol. The number of hydrogen-bond acceptors (Lipinski definition) is 4. The van der Waals surface area contributed by atoms with Gasteiger partial charge in [-0.05, 0) is 49.4 Å². The largest absolute Gasteiger partial charge is 0.481 e. The number of aromatic amines is 1. The van der Waals surface area contributed by atoms with Crippen LogP contribution in [-0.2, 0) is 11.2 Å². The number of nitrogens with one attached hydrogen (secondary N) is 2.